The summed E-state index contributed by atoms with van der Waals surface area (Å²) in [5.74, 6) is -0.309. The van der Waals surface area contributed by atoms with Crippen molar-refractivity contribution in [1.82, 2.24) is 4.98 Å². The van der Waals surface area contributed by atoms with E-state index >= 15 is 0 Å². The molecule has 1 aliphatic carbocycles. The number of hydrogen-bond donors (Lipinski definition) is 1. The first kappa shape index (κ1) is 14.5. The van der Waals surface area contributed by atoms with Gasteiger partial charge < -0.3 is 10.1 Å². The van der Waals surface area contributed by atoms with Crippen molar-refractivity contribution in [3.05, 3.63) is 33.0 Å². The maximum atomic E-state index is 12.0. The van der Waals surface area contributed by atoms with Crippen LogP contribution in [0.3, 0.4) is 0 Å². The summed E-state index contributed by atoms with van der Waals surface area (Å²) in [5.41, 5.74) is 0.929. The smallest absolute Gasteiger partial charge is 0.315 e. The maximum absolute atomic E-state index is 12.0. The Morgan fingerprint density at radius 1 is 1.57 bits per heavy atom. The summed E-state index contributed by atoms with van der Waals surface area (Å²) in [7, 11) is 0. The molecule has 0 saturated carbocycles. The summed E-state index contributed by atoms with van der Waals surface area (Å²) in [4.78, 5) is 19.2. The molecule has 0 aliphatic heterocycles. The first-order chi connectivity index (χ1) is 10.3. The topological polar surface area (TPSA) is 51.2 Å². The quantitative estimate of drug-likeness (QED) is 0.851. The van der Waals surface area contributed by atoms with Crippen LogP contribution in [-0.4, -0.2) is 17.6 Å². The van der Waals surface area contributed by atoms with Gasteiger partial charge in [-0.3, -0.25) is 4.79 Å². The number of hydrogen-bond acceptors (Lipinski definition) is 6. The SMILES string of the molecule is CCOC(=O)C1CCCc2sc(NCc3cccs3)nc21. The van der Waals surface area contributed by atoms with Crippen molar-refractivity contribution in [3.8, 4) is 0 Å². The van der Waals surface area contributed by atoms with Gasteiger partial charge in [-0.2, -0.15) is 0 Å². The average Bonchev–Trinajstić information content (AvgIpc) is 3.13. The molecule has 0 bridgehead atoms. The average molecular weight is 322 g/mol. The standard InChI is InChI=1S/C15H18N2O2S2/c1-2-19-14(18)11-6-3-7-12-13(11)17-15(21-12)16-9-10-5-4-8-20-10/h4-5,8,11H,2-3,6-7,9H2,1H3,(H,16,17). The highest BCUT2D eigenvalue weighted by Crippen LogP contribution is 2.37. The predicted molar refractivity (Wildman–Crippen MR) is 86.1 cm³/mol. The lowest BCUT2D eigenvalue weighted by Crippen LogP contribution is -2.20. The van der Waals surface area contributed by atoms with Crippen molar-refractivity contribution in [1.29, 1.82) is 0 Å². The molecule has 0 spiro atoms. The van der Waals surface area contributed by atoms with Crippen LogP contribution in [0.1, 0.15) is 41.1 Å². The Bertz CT molecular complexity index is 607. The van der Waals surface area contributed by atoms with Crippen LogP contribution in [0.15, 0.2) is 17.5 Å². The molecule has 2 aromatic heterocycles. The summed E-state index contributed by atoms with van der Waals surface area (Å²) in [5, 5.41) is 6.34. The van der Waals surface area contributed by atoms with E-state index in [1.54, 1.807) is 22.7 Å². The van der Waals surface area contributed by atoms with Crippen molar-refractivity contribution in [2.75, 3.05) is 11.9 Å². The summed E-state index contributed by atoms with van der Waals surface area (Å²) >= 11 is 3.40. The zero-order chi connectivity index (χ0) is 14.7. The minimum Gasteiger partial charge on any atom is -0.465 e. The molecular weight excluding hydrogens is 304 g/mol. The van der Waals surface area contributed by atoms with Gasteiger partial charge in [0.15, 0.2) is 5.13 Å². The van der Waals surface area contributed by atoms with Gasteiger partial charge in [0.1, 0.15) is 5.92 Å². The van der Waals surface area contributed by atoms with Crippen LogP contribution in [0.5, 0.6) is 0 Å². The van der Waals surface area contributed by atoms with Crippen LogP contribution in [0.4, 0.5) is 5.13 Å². The van der Waals surface area contributed by atoms with E-state index in [0.29, 0.717) is 6.61 Å². The number of rotatable bonds is 5. The summed E-state index contributed by atoms with van der Waals surface area (Å²) in [6.07, 6.45) is 2.90. The lowest BCUT2D eigenvalue weighted by molar-refractivity contribution is -0.145. The van der Waals surface area contributed by atoms with Gasteiger partial charge in [-0.1, -0.05) is 6.07 Å². The molecule has 1 unspecified atom stereocenters. The Morgan fingerprint density at radius 2 is 2.48 bits per heavy atom. The van der Waals surface area contributed by atoms with Gasteiger partial charge in [-0.25, -0.2) is 4.98 Å². The number of fused-ring (bicyclic) bond motifs is 1. The first-order valence-corrected chi connectivity index (χ1v) is 8.90. The Morgan fingerprint density at radius 3 is 3.24 bits per heavy atom. The number of thiophene rings is 1. The van der Waals surface area contributed by atoms with Crippen LogP contribution >= 0.6 is 22.7 Å². The van der Waals surface area contributed by atoms with Crippen molar-refractivity contribution in [3.63, 3.8) is 0 Å². The van der Waals surface area contributed by atoms with Gasteiger partial charge in [0.2, 0.25) is 0 Å². The zero-order valence-electron chi connectivity index (χ0n) is 11.9. The highest BCUT2D eigenvalue weighted by Gasteiger charge is 2.31. The van der Waals surface area contributed by atoms with E-state index in [1.807, 2.05) is 13.0 Å². The summed E-state index contributed by atoms with van der Waals surface area (Å²) in [6.45, 7) is 3.06. The van der Waals surface area contributed by atoms with Gasteiger partial charge in [0.05, 0.1) is 18.8 Å². The largest absolute Gasteiger partial charge is 0.465 e. The number of nitrogens with zero attached hydrogens (tertiary/aromatic N) is 1. The summed E-state index contributed by atoms with van der Waals surface area (Å²) < 4.78 is 5.17. The fourth-order valence-electron chi connectivity index (χ4n) is 2.54. The monoisotopic (exact) mass is 322 g/mol. The molecule has 1 atom stereocenters. The second kappa shape index (κ2) is 6.58. The Labute approximate surface area is 132 Å². The van der Waals surface area contributed by atoms with Gasteiger partial charge >= 0.3 is 5.97 Å². The van der Waals surface area contributed by atoms with Gasteiger partial charge in [0.25, 0.3) is 0 Å². The molecule has 2 heterocycles. The molecule has 0 amide bonds. The molecule has 21 heavy (non-hydrogen) atoms. The van der Waals surface area contributed by atoms with E-state index < -0.39 is 0 Å². The lowest BCUT2D eigenvalue weighted by Gasteiger charge is -2.19. The van der Waals surface area contributed by atoms with E-state index in [4.69, 9.17) is 4.74 Å². The van der Waals surface area contributed by atoms with E-state index in [2.05, 4.69) is 21.7 Å². The molecule has 6 heteroatoms. The fourth-order valence-corrected chi connectivity index (χ4v) is 4.25. The molecule has 112 valence electrons. The van der Waals surface area contributed by atoms with Crippen LogP contribution in [0.25, 0.3) is 0 Å². The van der Waals surface area contributed by atoms with Crippen molar-refractivity contribution >= 4 is 33.8 Å². The van der Waals surface area contributed by atoms with Gasteiger partial charge in [-0.15, -0.1) is 22.7 Å². The van der Waals surface area contributed by atoms with Crippen LogP contribution < -0.4 is 5.32 Å². The van der Waals surface area contributed by atoms with E-state index in [1.165, 1.54) is 9.75 Å². The molecule has 4 nitrogen and oxygen atoms in total. The number of nitrogens with one attached hydrogen (secondary N) is 1. The number of aromatic nitrogens is 1. The second-order valence-electron chi connectivity index (χ2n) is 4.96. The molecule has 2 aromatic rings. The number of carbonyl (C=O) groups excluding carboxylic acids is 1. The minimum absolute atomic E-state index is 0.131. The third kappa shape index (κ3) is 3.27. The number of thiazole rings is 1. The van der Waals surface area contributed by atoms with E-state index in [-0.39, 0.29) is 11.9 Å². The lowest BCUT2D eigenvalue weighted by atomic mass is 9.91. The third-order valence-electron chi connectivity index (χ3n) is 3.52. The van der Waals surface area contributed by atoms with E-state index in [0.717, 1.165) is 36.6 Å². The third-order valence-corrected chi connectivity index (χ3v) is 5.48. The minimum atomic E-state index is -0.178. The Kier molecular flexibility index (Phi) is 4.55. The van der Waals surface area contributed by atoms with Gasteiger partial charge in [-0.05, 0) is 37.6 Å². The number of aryl methyl sites for hydroxylation is 1. The number of anilines is 1. The van der Waals surface area contributed by atoms with Crippen molar-refractivity contribution < 1.29 is 9.53 Å². The van der Waals surface area contributed by atoms with Crippen LogP contribution in [0, 0.1) is 0 Å². The molecule has 3 rings (SSSR count). The predicted octanol–water partition coefficient (Wildman–Crippen LogP) is 3.80. The number of esters is 1. The van der Waals surface area contributed by atoms with Crippen LogP contribution in [-0.2, 0) is 22.5 Å². The number of carbonyl (C=O) groups is 1. The van der Waals surface area contributed by atoms with Gasteiger partial charge in [0, 0.05) is 9.75 Å². The highest BCUT2D eigenvalue weighted by molar-refractivity contribution is 7.15. The van der Waals surface area contributed by atoms with Crippen molar-refractivity contribution in [2.45, 2.75) is 38.6 Å². The molecule has 0 radical (unpaired) electrons. The van der Waals surface area contributed by atoms with Crippen molar-refractivity contribution in [2.24, 2.45) is 0 Å². The zero-order valence-corrected chi connectivity index (χ0v) is 13.6. The number of ether oxygens (including phenoxy) is 1. The molecule has 1 N–H and O–H groups in total. The second-order valence-corrected chi connectivity index (χ2v) is 7.07. The molecular formula is C15H18N2O2S2. The molecule has 1 aliphatic rings. The molecule has 0 saturated heterocycles. The van der Waals surface area contributed by atoms with E-state index in [9.17, 15) is 4.79 Å². The van der Waals surface area contributed by atoms with Crippen LogP contribution in [0.2, 0.25) is 0 Å². The highest BCUT2D eigenvalue weighted by atomic mass is 32.1. The fraction of sp³-hybridized carbons (Fsp3) is 0.467. The normalized spacial score (nSPS) is 17.3. The molecule has 0 aromatic carbocycles. The summed E-state index contributed by atoms with van der Waals surface area (Å²) in [6, 6.07) is 4.15. The Balaban J connectivity index is 1.73. The first-order valence-electron chi connectivity index (χ1n) is 7.20. The maximum Gasteiger partial charge on any atom is 0.315 e. The molecule has 0 fully saturated rings. The Hall–Kier alpha value is -1.40.